The van der Waals surface area contributed by atoms with Gasteiger partial charge in [-0.15, -0.1) is 0 Å². The first-order valence-corrected chi connectivity index (χ1v) is 7.29. The average Bonchev–Trinajstić information content (AvgIpc) is 2.39. The number of hydrogen-bond donors (Lipinski definition) is 0. The largest absolute Gasteiger partial charge is 0.390 e. The molecule has 0 spiro atoms. The Morgan fingerprint density at radius 2 is 1.89 bits per heavy atom. The second-order valence-corrected chi connectivity index (χ2v) is 6.37. The normalized spacial score (nSPS) is 17.8. The van der Waals surface area contributed by atoms with E-state index < -0.39 is 0 Å². The predicted molar refractivity (Wildman–Crippen MR) is 79.6 cm³/mol. The van der Waals surface area contributed by atoms with Crippen LogP contribution in [0.5, 0.6) is 0 Å². The zero-order chi connectivity index (χ0) is 13.7. The molecule has 1 aliphatic rings. The molecule has 1 fully saturated rings. The van der Waals surface area contributed by atoms with Gasteiger partial charge in [0.25, 0.3) is 0 Å². The van der Waals surface area contributed by atoms with Crippen molar-refractivity contribution in [2.24, 2.45) is 5.16 Å². The van der Waals surface area contributed by atoms with Crippen molar-refractivity contribution in [2.45, 2.75) is 64.4 Å². The SMILES string of the molecule is CC(C)(C)O/N=[C]/c1cccc(C2CCCCC2)c1. The monoisotopic (exact) mass is 258 g/mol. The lowest BCUT2D eigenvalue weighted by atomic mass is 9.84. The highest BCUT2D eigenvalue weighted by molar-refractivity contribution is 5.79. The highest BCUT2D eigenvalue weighted by atomic mass is 16.6. The highest BCUT2D eigenvalue weighted by Gasteiger charge is 2.15. The summed E-state index contributed by atoms with van der Waals surface area (Å²) >= 11 is 0. The lowest BCUT2D eigenvalue weighted by Gasteiger charge is -2.22. The van der Waals surface area contributed by atoms with Crippen molar-refractivity contribution in [1.29, 1.82) is 0 Å². The fraction of sp³-hybridized carbons (Fsp3) is 0.588. The summed E-state index contributed by atoms with van der Waals surface area (Å²) in [6.45, 7) is 5.95. The minimum absolute atomic E-state index is 0.256. The van der Waals surface area contributed by atoms with Crippen molar-refractivity contribution in [3.63, 3.8) is 0 Å². The number of hydrogen-bond acceptors (Lipinski definition) is 2. The smallest absolute Gasteiger partial charge is 0.139 e. The molecule has 2 heteroatoms. The Bertz CT molecular complexity index is 425. The average molecular weight is 258 g/mol. The van der Waals surface area contributed by atoms with E-state index in [9.17, 15) is 0 Å². The summed E-state index contributed by atoms with van der Waals surface area (Å²) in [5.41, 5.74) is 2.18. The first-order chi connectivity index (χ1) is 9.04. The molecular weight excluding hydrogens is 234 g/mol. The third-order valence-electron chi connectivity index (χ3n) is 3.46. The summed E-state index contributed by atoms with van der Waals surface area (Å²) in [6, 6.07) is 8.55. The Morgan fingerprint density at radius 3 is 2.58 bits per heavy atom. The Kier molecular flexibility index (Phi) is 4.62. The van der Waals surface area contributed by atoms with Crippen molar-refractivity contribution >= 4 is 6.21 Å². The van der Waals surface area contributed by atoms with Crippen LogP contribution in [0.4, 0.5) is 0 Å². The van der Waals surface area contributed by atoms with E-state index in [1.807, 2.05) is 26.8 Å². The molecule has 0 aromatic heterocycles. The molecule has 0 heterocycles. The van der Waals surface area contributed by atoms with Gasteiger partial charge in [-0.3, -0.25) is 0 Å². The molecule has 1 aromatic rings. The minimum atomic E-state index is -0.256. The zero-order valence-corrected chi connectivity index (χ0v) is 12.3. The van der Waals surface area contributed by atoms with Crippen LogP contribution in [0.15, 0.2) is 29.4 Å². The molecule has 1 aromatic carbocycles. The maximum Gasteiger partial charge on any atom is 0.139 e. The van der Waals surface area contributed by atoms with Crippen LogP contribution in [0.2, 0.25) is 0 Å². The lowest BCUT2D eigenvalue weighted by molar-refractivity contribution is 0.00199. The van der Waals surface area contributed by atoms with Crippen LogP contribution in [0, 0.1) is 0 Å². The molecule has 2 nitrogen and oxygen atoms in total. The predicted octanol–water partition coefficient (Wildman–Crippen LogP) is 4.76. The Balaban J connectivity index is 2.02. The number of rotatable bonds is 3. The molecule has 1 radical (unpaired) electrons. The Labute approximate surface area is 116 Å². The second-order valence-electron chi connectivity index (χ2n) is 6.37. The zero-order valence-electron chi connectivity index (χ0n) is 12.3. The van der Waals surface area contributed by atoms with Crippen LogP contribution in [0.25, 0.3) is 0 Å². The van der Waals surface area contributed by atoms with Crippen LogP contribution >= 0.6 is 0 Å². The molecule has 0 atom stereocenters. The van der Waals surface area contributed by atoms with Gasteiger partial charge in [-0.1, -0.05) is 42.6 Å². The van der Waals surface area contributed by atoms with E-state index in [-0.39, 0.29) is 5.60 Å². The van der Waals surface area contributed by atoms with Gasteiger partial charge in [-0.05, 0) is 51.2 Å². The van der Waals surface area contributed by atoms with E-state index in [4.69, 9.17) is 4.84 Å². The van der Waals surface area contributed by atoms with E-state index in [0.717, 1.165) is 11.5 Å². The number of nitrogens with zero attached hydrogens (tertiary/aromatic N) is 1. The minimum Gasteiger partial charge on any atom is -0.390 e. The molecule has 0 amide bonds. The van der Waals surface area contributed by atoms with Crippen LogP contribution in [0.3, 0.4) is 0 Å². The van der Waals surface area contributed by atoms with Crippen LogP contribution in [0.1, 0.15) is 69.9 Å². The topological polar surface area (TPSA) is 21.6 Å². The van der Waals surface area contributed by atoms with Crippen LogP contribution < -0.4 is 0 Å². The fourth-order valence-electron chi connectivity index (χ4n) is 2.51. The van der Waals surface area contributed by atoms with Gasteiger partial charge < -0.3 is 4.84 Å². The van der Waals surface area contributed by atoms with Crippen LogP contribution in [-0.2, 0) is 4.84 Å². The van der Waals surface area contributed by atoms with Gasteiger partial charge in [-0.2, -0.15) is 0 Å². The molecule has 103 valence electrons. The molecule has 0 N–H and O–H groups in total. The third-order valence-corrected chi connectivity index (χ3v) is 3.46. The van der Waals surface area contributed by atoms with E-state index in [2.05, 4.69) is 29.6 Å². The van der Waals surface area contributed by atoms with Crippen LogP contribution in [-0.4, -0.2) is 11.8 Å². The van der Waals surface area contributed by atoms with Crippen molar-refractivity contribution in [3.8, 4) is 0 Å². The molecule has 0 saturated heterocycles. The molecule has 1 saturated carbocycles. The molecular formula is C17H24NO. The van der Waals surface area contributed by atoms with Crippen molar-refractivity contribution < 1.29 is 4.84 Å². The third kappa shape index (κ3) is 4.70. The van der Waals surface area contributed by atoms with E-state index >= 15 is 0 Å². The Morgan fingerprint density at radius 1 is 1.16 bits per heavy atom. The summed E-state index contributed by atoms with van der Waals surface area (Å²) in [6.07, 6.45) is 9.73. The lowest BCUT2D eigenvalue weighted by Crippen LogP contribution is -2.15. The molecule has 0 aliphatic heterocycles. The Hall–Kier alpha value is -1.31. The summed E-state index contributed by atoms with van der Waals surface area (Å²) in [4.78, 5) is 5.33. The summed E-state index contributed by atoms with van der Waals surface area (Å²) in [5, 5.41) is 3.95. The van der Waals surface area contributed by atoms with E-state index in [1.54, 1.807) is 0 Å². The summed E-state index contributed by atoms with van der Waals surface area (Å²) in [5.74, 6) is 0.721. The van der Waals surface area contributed by atoms with E-state index in [1.165, 1.54) is 37.7 Å². The first kappa shape index (κ1) is 14.1. The molecule has 0 bridgehead atoms. The molecule has 2 rings (SSSR count). The van der Waals surface area contributed by atoms with Crippen molar-refractivity contribution in [2.75, 3.05) is 0 Å². The first-order valence-electron chi connectivity index (χ1n) is 7.29. The molecule has 1 aliphatic carbocycles. The van der Waals surface area contributed by atoms with Gasteiger partial charge in [0.15, 0.2) is 0 Å². The number of benzene rings is 1. The van der Waals surface area contributed by atoms with Gasteiger partial charge in [0.05, 0.1) is 0 Å². The maximum absolute atomic E-state index is 5.33. The summed E-state index contributed by atoms with van der Waals surface area (Å²) < 4.78 is 0. The van der Waals surface area contributed by atoms with Gasteiger partial charge in [0.1, 0.15) is 11.8 Å². The molecule has 19 heavy (non-hydrogen) atoms. The maximum atomic E-state index is 5.33. The van der Waals surface area contributed by atoms with E-state index in [0.29, 0.717) is 0 Å². The van der Waals surface area contributed by atoms with Gasteiger partial charge in [-0.25, -0.2) is 0 Å². The molecule has 0 unspecified atom stereocenters. The standard InChI is InChI=1S/C17H24NO/c1-17(2,3)19-18-13-14-8-7-11-16(12-14)15-9-5-4-6-10-15/h7-8,11-12,15H,4-6,9-10H2,1-3H3. The summed E-state index contributed by atoms with van der Waals surface area (Å²) in [7, 11) is 0. The van der Waals surface area contributed by atoms with Crippen molar-refractivity contribution in [3.05, 3.63) is 35.4 Å². The van der Waals surface area contributed by atoms with Gasteiger partial charge >= 0.3 is 0 Å². The van der Waals surface area contributed by atoms with Gasteiger partial charge in [0.2, 0.25) is 0 Å². The van der Waals surface area contributed by atoms with Crippen molar-refractivity contribution in [1.82, 2.24) is 0 Å². The second kappa shape index (κ2) is 6.23. The van der Waals surface area contributed by atoms with Gasteiger partial charge in [0, 0.05) is 5.56 Å². The fourth-order valence-corrected chi connectivity index (χ4v) is 2.51. The highest BCUT2D eigenvalue weighted by Crippen LogP contribution is 2.32. The quantitative estimate of drug-likeness (QED) is 0.566.